The first kappa shape index (κ1) is 12.5. The van der Waals surface area contributed by atoms with Crippen molar-refractivity contribution in [2.75, 3.05) is 17.8 Å². The summed E-state index contributed by atoms with van der Waals surface area (Å²) in [4.78, 5) is 8.00. The van der Waals surface area contributed by atoms with Gasteiger partial charge >= 0.3 is 0 Å². The minimum atomic E-state index is -0.957. The third-order valence-electron chi connectivity index (χ3n) is 1.72. The van der Waals surface area contributed by atoms with Crippen molar-refractivity contribution in [3.05, 3.63) is 5.82 Å². The van der Waals surface area contributed by atoms with Crippen LogP contribution in [0.3, 0.4) is 0 Å². The van der Waals surface area contributed by atoms with E-state index >= 15 is 0 Å². The summed E-state index contributed by atoms with van der Waals surface area (Å²) in [7, 11) is 0. The second kappa shape index (κ2) is 4.50. The molecule has 6 N–H and O–H groups in total. The maximum atomic E-state index is 9.52. The van der Waals surface area contributed by atoms with Crippen LogP contribution in [0.1, 0.15) is 19.7 Å². The lowest BCUT2D eigenvalue weighted by molar-refractivity contribution is 0.0270. The van der Waals surface area contributed by atoms with Gasteiger partial charge in [0.15, 0.2) is 5.82 Å². The highest BCUT2D eigenvalue weighted by Gasteiger charge is 2.17. The van der Waals surface area contributed by atoms with Crippen LogP contribution in [0.2, 0.25) is 0 Å². The molecule has 0 amide bonds. The summed E-state index contributed by atoms with van der Waals surface area (Å²) in [6, 6.07) is 0. The van der Waals surface area contributed by atoms with Gasteiger partial charge in [-0.1, -0.05) is 0 Å². The smallest absolute Gasteiger partial charge is 0.242 e. The highest BCUT2D eigenvalue weighted by Crippen LogP contribution is 2.25. The number of hydrogen-bond donors (Lipinski definition) is 4. The van der Waals surface area contributed by atoms with E-state index in [-0.39, 0.29) is 18.2 Å². The molecule has 0 bridgehead atoms. The predicted molar refractivity (Wildman–Crippen MR) is 60.8 cm³/mol. The standard InChI is InChI=1S/C9H17N5O2/c1-5-12-7(14-11)6(10)8(13-5)16-4-9(2,3)15/h15H,4,10-11H2,1-3H3,(H,12,13,14). The monoisotopic (exact) mass is 227 g/mol. The Balaban J connectivity index is 2.91. The molecular weight excluding hydrogens is 210 g/mol. The van der Waals surface area contributed by atoms with E-state index in [4.69, 9.17) is 16.3 Å². The molecule has 7 heteroatoms. The molecule has 1 aromatic rings. The number of aliphatic hydroxyl groups is 1. The highest BCUT2D eigenvalue weighted by molar-refractivity contribution is 5.66. The molecule has 1 rings (SSSR count). The first-order valence-electron chi connectivity index (χ1n) is 4.79. The summed E-state index contributed by atoms with van der Waals surface area (Å²) in [6.07, 6.45) is 0. The Morgan fingerprint density at radius 3 is 2.56 bits per heavy atom. The molecule has 0 unspecified atom stereocenters. The van der Waals surface area contributed by atoms with Gasteiger partial charge in [-0.2, -0.15) is 4.98 Å². The molecule has 16 heavy (non-hydrogen) atoms. The van der Waals surface area contributed by atoms with Crippen molar-refractivity contribution in [2.24, 2.45) is 5.84 Å². The second-order valence-electron chi connectivity index (χ2n) is 4.08. The number of hydrogen-bond acceptors (Lipinski definition) is 7. The number of nitrogens with one attached hydrogen (secondary N) is 1. The number of aryl methyl sites for hydroxylation is 1. The van der Waals surface area contributed by atoms with E-state index in [2.05, 4.69) is 15.4 Å². The number of nitrogen functional groups attached to an aromatic ring is 2. The normalized spacial score (nSPS) is 11.3. The molecule has 1 heterocycles. The predicted octanol–water partition coefficient (Wildman–Crippen LogP) is -0.197. The SMILES string of the molecule is Cc1nc(NN)c(N)c(OCC(C)(C)O)n1. The van der Waals surface area contributed by atoms with Crippen molar-refractivity contribution in [3.63, 3.8) is 0 Å². The zero-order valence-electron chi connectivity index (χ0n) is 9.61. The Hall–Kier alpha value is -1.60. The number of anilines is 2. The maximum Gasteiger partial charge on any atom is 0.242 e. The Labute approximate surface area is 93.8 Å². The Kier molecular flexibility index (Phi) is 3.51. The van der Waals surface area contributed by atoms with Gasteiger partial charge in [-0.15, -0.1) is 0 Å². The number of nitrogens with two attached hydrogens (primary N) is 2. The topological polar surface area (TPSA) is 119 Å². The number of hydrazine groups is 1. The van der Waals surface area contributed by atoms with Crippen molar-refractivity contribution in [3.8, 4) is 5.88 Å². The first-order valence-corrected chi connectivity index (χ1v) is 4.79. The molecule has 7 nitrogen and oxygen atoms in total. The zero-order valence-corrected chi connectivity index (χ0v) is 9.61. The molecular formula is C9H17N5O2. The van der Waals surface area contributed by atoms with Gasteiger partial charge in [0.25, 0.3) is 0 Å². The van der Waals surface area contributed by atoms with Crippen molar-refractivity contribution in [2.45, 2.75) is 26.4 Å². The van der Waals surface area contributed by atoms with Crippen molar-refractivity contribution >= 4 is 11.5 Å². The lowest BCUT2D eigenvalue weighted by Gasteiger charge is -2.18. The van der Waals surface area contributed by atoms with Crippen LogP contribution in [0.15, 0.2) is 0 Å². The molecule has 0 spiro atoms. The van der Waals surface area contributed by atoms with Crippen molar-refractivity contribution < 1.29 is 9.84 Å². The number of nitrogens with zero attached hydrogens (tertiary/aromatic N) is 2. The number of rotatable bonds is 4. The number of aromatic nitrogens is 2. The third-order valence-corrected chi connectivity index (χ3v) is 1.72. The molecule has 90 valence electrons. The van der Waals surface area contributed by atoms with Gasteiger partial charge in [0.2, 0.25) is 5.88 Å². The molecule has 0 aliphatic carbocycles. The van der Waals surface area contributed by atoms with Gasteiger partial charge in [-0.25, -0.2) is 10.8 Å². The molecule has 0 aromatic carbocycles. The van der Waals surface area contributed by atoms with Crippen LogP contribution in [0.4, 0.5) is 11.5 Å². The van der Waals surface area contributed by atoms with E-state index in [0.29, 0.717) is 11.6 Å². The molecule has 0 saturated carbocycles. The quantitative estimate of drug-likeness (QED) is 0.415. The van der Waals surface area contributed by atoms with E-state index in [1.54, 1.807) is 20.8 Å². The molecule has 0 radical (unpaired) electrons. The average molecular weight is 227 g/mol. The molecule has 0 fully saturated rings. The summed E-state index contributed by atoms with van der Waals surface area (Å²) < 4.78 is 5.30. The van der Waals surface area contributed by atoms with Crippen molar-refractivity contribution in [1.29, 1.82) is 0 Å². The van der Waals surface area contributed by atoms with E-state index in [0.717, 1.165) is 0 Å². The lowest BCUT2D eigenvalue weighted by atomic mass is 10.2. The highest BCUT2D eigenvalue weighted by atomic mass is 16.5. The molecule has 1 aromatic heterocycles. The summed E-state index contributed by atoms with van der Waals surface area (Å²) in [5.41, 5.74) is 7.34. The zero-order chi connectivity index (χ0) is 12.3. The van der Waals surface area contributed by atoms with E-state index in [1.165, 1.54) is 0 Å². The fraction of sp³-hybridized carbons (Fsp3) is 0.556. The Bertz CT molecular complexity index is 375. The van der Waals surface area contributed by atoms with Gasteiger partial charge in [-0.05, 0) is 20.8 Å². The van der Waals surface area contributed by atoms with Crippen LogP contribution in [0, 0.1) is 6.92 Å². The largest absolute Gasteiger partial charge is 0.473 e. The first-order chi connectivity index (χ1) is 7.33. The fourth-order valence-electron chi connectivity index (χ4n) is 1.02. The van der Waals surface area contributed by atoms with Crippen molar-refractivity contribution in [1.82, 2.24) is 9.97 Å². The fourth-order valence-corrected chi connectivity index (χ4v) is 1.02. The van der Waals surface area contributed by atoms with Crippen LogP contribution >= 0.6 is 0 Å². The average Bonchev–Trinajstić information content (AvgIpc) is 2.17. The summed E-state index contributed by atoms with van der Waals surface area (Å²) >= 11 is 0. The summed E-state index contributed by atoms with van der Waals surface area (Å²) in [5, 5.41) is 9.52. The van der Waals surface area contributed by atoms with Gasteiger partial charge < -0.3 is 21.0 Å². The van der Waals surface area contributed by atoms with Gasteiger partial charge in [-0.3, -0.25) is 0 Å². The minimum absolute atomic E-state index is 0.0810. The summed E-state index contributed by atoms with van der Waals surface area (Å²) in [5.74, 6) is 6.24. The van der Waals surface area contributed by atoms with Gasteiger partial charge in [0, 0.05) is 0 Å². The lowest BCUT2D eigenvalue weighted by Crippen LogP contribution is -2.28. The number of ether oxygens (including phenoxy) is 1. The molecule has 0 aliphatic rings. The van der Waals surface area contributed by atoms with E-state index < -0.39 is 5.60 Å². The van der Waals surface area contributed by atoms with Crippen LogP contribution in [-0.2, 0) is 0 Å². The molecule has 0 aliphatic heterocycles. The summed E-state index contributed by atoms with van der Waals surface area (Å²) in [6.45, 7) is 5.02. The van der Waals surface area contributed by atoms with Crippen LogP contribution in [0.5, 0.6) is 5.88 Å². The molecule has 0 saturated heterocycles. The van der Waals surface area contributed by atoms with Gasteiger partial charge in [0.1, 0.15) is 18.1 Å². The van der Waals surface area contributed by atoms with E-state index in [9.17, 15) is 5.11 Å². The van der Waals surface area contributed by atoms with Crippen LogP contribution < -0.4 is 21.7 Å². The minimum Gasteiger partial charge on any atom is -0.473 e. The van der Waals surface area contributed by atoms with Crippen LogP contribution in [-0.4, -0.2) is 27.3 Å². The second-order valence-corrected chi connectivity index (χ2v) is 4.08. The van der Waals surface area contributed by atoms with E-state index in [1.807, 2.05) is 0 Å². The third kappa shape index (κ3) is 3.21. The van der Waals surface area contributed by atoms with Gasteiger partial charge in [0.05, 0.1) is 5.60 Å². The van der Waals surface area contributed by atoms with Crippen LogP contribution in [0.25, 0.3) is 0 Å². The molecule has 0 atom stereocenters. The Morgan fingerprint density at radius 2 is 2.06 bits per heavy atom. The Morgan fingerprint density at radius 1 is 1.44 bits per heavy atom. The maximum absolute atomic E-state index is 9.52.